The molecule has 0 unspecified atom stereocenters. The second-order valence-electron chi connectivity index (χ2n) is 6.77. The van der Waals surface area contributed by atoms with Crippen LogP contribution in [0.25, 0.3) is 0 Å². The van der Waals surface area contributed by atoms with Gasteiger partial charge in [-0.25, -0.2) is 4.98 Å². The molecule has 1 saturated heterocycles. The number of thiazole rings is 1. The number of guanidine groups is 1. The molecule has 0 radical (unpaired) electrons. The van der Waals surface area contributed by atoms with Gasteiger partial charge in [0.1, 0.15) is 0 Å². The first-order valence-electron chi connectivity index (χ1n) is 9.25. The molecule has 5 nitrogen and oxygen atoms in total. The van der Waals surface area contributed by atoms with Gasteiger partial charge in [0.15, 0.2) is 5.96 Å². The second-order valence-corrected chi connectivity index (χ2v) is 8.09. The van der Waals surface area contributed by atoms with Gasteiger partial charge in [0.2, 0.25) is 0 Å². The molecule has 0 aliphatic carbocycles. The minimum absolute atomic E-state index is 0. The Morgan fingerprint density at radius 3 is 2.64 bits per heavy atom. The topological polar surface area (TPSA) is 52.6 Å². The summed E-state index contributed by atoms with van der Waals surface area (Å²) in [5.74, 6) is 1.82. The molecule has 1 aromatic heterocycles. The van der Waals surface area contributed by atoms with E-state index in [0.717, 1.165) is 31.4 Å². The van der Waals surface area contributed by atoms with Gasteiger partial charge >= 0.3 is 0 Å². The minimum atomic E-state index is 0. The van der Waals surface area contributed by atoms with Crippen molar-refractivity contribution in [3.63, 3.8) is 0 Å². The van der Waals surface area contributed by atoms with Gasteiger partial charge in [-0.15, -0.1) is 35.3 Å². The lowest BCUT2D eigenvalue weighted by atomic mass is 9.99. The molecule has 0 bridgehead atoms. The van der Waals surface area contributed by atoms with E-state index >= 15 is 0 Å². The quantitative estimate of drug-likeness (QED) is 0.260. The number of hydrogen-bond donors (Lipinski definition) is 2. The molecule has 1 aliphatic heterocycles. The Morgan fingerprint density at radius 2 is 2.00 bits per heavy atom. The molecule has 0 spiro atoms. The zero-order valence-corrected chi connectivity index (χ0v) is 19.0. The lowest BCUT2D eigenvalue weighted by Crippen LogP contribution is -2.39. The summed E-state index contributed by atoms with van der Waals surface area (Å²) < 4.78 is 0. The van der Waals surface area contributed by atoms with E-state index in [4.69, 9.17) is 0 Å². The number of aryl methyl sites for hydroxylation is 1. The van der Waals surface area contributed by atoms with Gasteiger partial charge in [0.25, 0.3) is 0 Å². The lowest BCUT2D eigenvalue weighted by molar-refractivity contribution is 0.189. The molecule has 0 amide bonds. The van der Waals surface area contributed by atoms with Crippen LogP contribution in [0.4, 0.5) is 0 Å². The molecule has 2 rings (SSSR count). The average molecular weight is 479 g/mol. The van der Waals surface area contributed by atoms with Crippen molar-refractivity contribution in [1.82, 2.24) is 20.5 Å². The van der Waals surface area contributed by atoms with Crippen LogP contribution in [0.2, 0.25) is 0 Å². The molecule has 1 aliphatic rings. The summed E-state index contributed by atoms with van der Waals surface area (Å²) in [4.78, 5) is 12.6. The Balaban J connectivity index is 0.00000312. The molecule has 7 heteroatoms. The first-order valence-corrected chi connectivity index (χ1v) is 10.1. The zero-order valence-electron chi connectivity index (χ0n) is 15.9. The predicted molar refractivity (Wildman–Crippen MR) is 119 cm³/mol. The van der Waals surface area contributed by atoms with E-state index in [1.165, 1.54) is 55.2 Å². The normalized spacial score (nSPS) is 16.5. The van der Waals surface area contributed by atoms with Crippen molar-refractivity contribution in [3.05, 3.63) is 16.1 Å². The smallest absolute Gasteiger partial charge is 0.190 e. The van der Waals surface area contributed by atoms with Crippen molar-refractivity contribution in [2.75, 3.05) is 39.8 Å². The Hall–Kier alpha value is -0.410. The summed E-state index contributed by atoms with van der Waals surface area (Å²) in [7, 11) is 1.83. The molecular weight excluding hydrogens is 445 g/mol. The summed E-state index contributed by atoms with van der Waals surface area (Å²) in [6.07, 6.45) is 8.08. The number of nitrogens with one attached hydrogen (secondary N) is 2. The maximum Gasteiger partial charge on any atom is 0.190 e. The molecule has 0 aromatic carbocycles. The van der Waals surface area contributed by atoms with Crippen molar-refractivity contribution < 1.29 is 0 Å². The predicted octanol–water partition coefficient (Wildman–Crippen LogP) is 3.29. The number of likely N-dealkylation sites (tertiary alicyclic amines) is 1. The highest BCUT2D eigenvalue weighted by molar-refractivity contribution is 14.0. The number of aromatic nitrogens is 1. The van der Waals surface area contributed by atoms with E-state index < -0.39 is 0 Å². The van der Waals surface area contributed by atoms with Crippen LogP contribution in [-0.4, -0.2) is 55.6 Å². The monoisotopic (exact) mass is 479 g/mol. The largest absolute Gasteiger partial charge is 0.356 e. The molecule has 144 valence electrons. The molecule has 2 heterocycles. The van der Waals surface area contributed by atoms with Gasteiger partial charge < -0.3 is 15.5 Å². The van der Waals surface area contributed by atoms with Crippen molar-refractivity contribution in [2.45, 2.75) is 46.0 Å². The molecular formula is C18H34IN5S. The number of piperidine rings is 1. The van der Waals surface area contributed by atoms with Crippen LogP contribution in [0.15, 0.2) is 11.2 Å². The fourth-order valence-electron chi connectivity index (χ4n) is 2.98. The number of unbranched alkanes of at least 4 members (excludes halogenated alkanes) is 1. The standard InChI is InChI=1S/C18H33N5S.HI/c1-15-7-12-23(13-8-15)11-5-4-9-20-18(19-3)21-10-6-17-22-14-16(2)24-17;/h14-15H,4-13H2,1-3H3,(H2,19,20,21);1H. The van der Waals surface area contributed by atoms with Crippen LogP contribution in [0, 0.1) is 12.8 Å². The maximum absolute atomic E-state index is 4.39. The molecule has 1 fully saturated rings. The van der Waals surface area contributed by atoms with Crippen molar-refractivity contribution in [1.29, 1.82) is 0 Å². The Labute approximate surface area is 174 Å². The van der Waals surface area contributed by atoms with Crippen LogP contribution < -0.4 is 10.6 Å². The van der Waals surface area contributed by atoms with Crippen LogP contribution in [0.1, 0.15) is 42.5 Å². The van der Waals surface area contributed by atoms with Crippen LogP contribution in [0.3, 0.4) is 0 Å². The van der Waals surface area contributed by atoms with Gasteiger partial charge in [-0.3, -0.25) is 4.99 Å². The average Bonchev–Trinajstić information content (AvgIpc) is 3.00. The number of aliphatic imine (C=N–C) groups is 1. The van der Waals surface area contributed by atoms with E-state index in [-0.39, 0.29) is 24.0 Å². The summed E-state index contributed by atoms with van der Waals surface area (Å²) in [5.41, 5.74) is 0. The van der Waals surface area contributed by atoms with Crippen LogP contribution in [0.5, 0.6) is 0 Å². The number of nitrogens with zero attached hydrogens (tertiary/aromatic N) is 3. The highest BCUT2D eigenvalue weighted by atomic mass is 127. The second kappa shape index (κ2) is 12.9. The van der Waals surface area contributed by atoms with Crippen molar-refractivity contribution >= 4 is 41.3 Å². The van der Waals surface area contributed by atoms with Gasteiger partial charge in [-0.05, 0) is 58.2 Å². The SMILES string of the molecule is CN=C(NCCCCN1CCC(C)CC1)NCCc1ncc(C)s1.I. The van der Waals surface area contributed by atoms with E-state index in [0.29, 0.717) is 0 Å². The van der Waals surface area contributed by atoms with Crippen molar-refractivity contribution in [3.8, 4) is 0 Å². The molecule has 1 aromatic rings. The maximum atomic E-state index is 4.39. The van der Waals surface area contributed by atoms with E-state index in [9.17, 15) is 0 Å². The Kier molecular flexibility index (Phi) is 11.6. The summed E-state index contributed by atoms with van der Waals surface area (Å²) >= 11 is 1.77. The first-order chi connectivity index (χ1) is 11.7. The highest BCUT2D eigenvalue weighted by Crippen LogP contribution is 2.16. The minimum Gasteiger partial charge on any atom is -0.356 e. The number of rotatable bonds is 8. The third-order valence-electron chi connectivity index (χ3n) is 4.59. The van der Waals surface area contributed by atoms with E-state index in [1.54, 1.807) is 11.3 Å². The van der Waals surface area contributed by atoms with Gasteiger partial charge in [-0.1, -0.05) is 6.92 Å². The third-order valence-corrected chi connectivity index (χ3v) is 5.57. The fraction of sp³-hybridized carbons (Fsp3) is 0.778. The summed E-state index contributed by atoms with van der Waals surface area (Å²) in [6.45, 7) is 10.1. The van der Waals surface area contributed by atoms with Gasteiger partial charge in [0.05, 0.1) is 5.01 Å². The van der Waals surface area contributed by atoms with Gasteiger partial charge in [0, 0.05) is 37.6 Å². The highest BCUT2D eigenvalue weighted by Gasteiger charge is 2.14. The molecule has 2 N–H and O–H groups in total. The van der Waals surface area contributed by atoms with Crippen LogP contribution in [-0.2, 0) is 6.42 Å². The summed E-state index contributed by atoms with van der Waals surface area (Å²) in [5, 5.41) is 7.96. The zero-order chi connectivity index (χ0) is 17.2. The molecule has 0 saturated carbocycles. The van der Waals surface area contributed by atoms with E-state index in [2.05, 4.69) is 39.4 Å². The molecule has 25 heavy (non-hydrogen) atoms. The Bertz CT molecular complexity index is 497. The third kappa shape index (κ3) is 9.19. The fourth-order valence-corrected chi connectivity index (χ4v) is 3.76. The lowest BCUT2D eigenvalue weighted by Gasteiger charge is -2.30. The number of halogens is 1. The van der Waals surface area contributed by atoms with Crippen molar-refractivity contribution in [2.24, 2.45) is 10.9 Å². The van der Waals surface area contributed by atoms with E-state index in [1.807, 2.05) is 13.2 Å². The van der Waals surface area contributed by atoms with Gasteiger partial charge in [-0.2, -0.15) is 0 Å². The summed E-state index contributed by atoms with van der Waals surface area (Å²) in [6, 6.07) is 0. The Morgan fingerprint density at radius 1 is 1.28 bits per heavy atom. The number of hydrogen-bond acceptors (Lipinski definition) is 4. The van der Waals surface area contributed by atoms with Crippen LogP contribution >= 0.6 is 35.3 Å². The first kappa shape index (κ1) is 22.6. The molecule has 0 atom stereocenters.